The van der Waals surface area contributed by atoms with Crippen LogP contribution in [0.2, 0.25) is 0 Å². The van der Waals surface area contributed by atoms with Crippen LogP contribution in [0.15, 0.2) is 16.9 Å². The fourth-order valence-corrected chi connectivity index (χ4v) is 1.73. The molecule has 2 heterocycles. The van der Waals surface area contributed by atoms with Crippen molar-refractivity contribution in [2.75, 3.05) is 0 Å². The molecular formula is C12H15BN2O3. The molecule has 2 rings (SSSR count). The topological polar surface area (TPSA) is 75.1 Å². The molecule has 0 saturated carbocycles. The van der Waals surface area contributed by atoms with Gasteiger partial charge in [0.05, 0.1) is 22.8 Å². The minimum atomic E-state index is -0.656. The number of aromatic nitrogens is 1. The van der Waals surface area contributed by atoms with Gasteiger partial charge in [-0.3, -0.25) is 4.79 Å². The predicted molar refractivity (Wildman–Crippen MR) is 67.5 cm³/mol. The second kappa shape index (κ2) is 3.97. The number of H-pyrrole nitrogens is 1. The summed E-state index contributed by atoms with van der Waals surface area (Å²) in [5.74, 6) is 0. The molecule has 1 fully saturated rings. The van der Waals surface area contributed by atoms with Crippen molar-refractivity contribution in [2.45, 2.75) is 38.9 Å². The van der Waals surface area contributed by atoms with Crippen LogP contribution in [0.1, 0.15) is 33.3 Å². The predicted octanol–water partition coefficient (Wildman–Crippen LogP) is 0.546. The summed E-state index contributed by atoms with van der Waals surface area (Å²) in [7, 11) is -0.656. The highest BCUT2D eigenvalue weighted by molar-refractivity contribution is 6.61. The summed E-state index contributed by atoms with van der Waals surface area (Å²) in [6, 6.07) is 4.76. The maximum Gasteiger partial charge on any atom is 0.512 e. The third-order valence-corrected chi connectivity index (χ3v) is 3.50. The molecule has 0 unspecified atom stereocenters. The SMILES string of the molecule is CC1(C)OB(c2cc(C#N)cc(=O)[nH]2)OC1(C)C. The molecule has 0 atom stereocenters. The standard InChI is InChI=1S/C12H15BN2O3/c1-11(2)12(3,4)18-13(17-11)9-5-8(7-14)6-10(16)15-9/h5-6H,1-4H3,(H,15,16). The van der Waals surface area contributed by atoms with E-state index in [1.165, 1.54) is 6.07 Å². The van der Waals surface area contributed by atoms with Crippen LogP contribution in [0, 0.1) is 11.3 Å². The van der Waals surface area contributed by atoms with E-state index in [-0.39, 0.29) is 5.56 Å². The zero-order chi connectivity index (χ0) is 13.6. The number of aromatic amines is 1. The van der Waals surface area contributed by atoms with Crippen LogP contribution in [0.5, 0.6) is 0 Å². The number of nitriles is 1. The van der Waals surface area contributed by atoms with Gasteiger partial charge in [-0.05, 0) is 33.8 Å². The van der Waals surface area contributed by atoms with Crippen molar-refractivity contribution in [1.29, 1.82) is 5.26 Å². The van der Waals surface area contributed by atoms with E-state index in [1.807, 2.05) is 33.8 Å². The Balaban J connectivity index is 2.39. The highest BCUT2D eigenvalue weighted by atomic mass is 16.7. The van der Waals surface area contributed by atoms with Crippen molar-refractivity contribution in [3.05, 3.63) is 28.0 Å². The van der Waals surface area contributed by atoms with Crippen LogP contribution in [0.4, 0.5) is 0 Å². The molecule has 18 heavy (non-hydrogen) atoms. The van der Waals surface area contributed by atoms with Gasteiger partial charge in [0.25, 0.3) is 0 Å². The summed E-state index contributed by atoms with van der Waals surface area (Å²) >= 11 is 0. The molecule has 1 N–H and O–H groups in total. The van der Waals surface area contributed by atoms with Crippen LogP contribution in [0.3, 0.4) is 0 Å². The first kappa shape index (κ1) is 12.9. The number of pyridine rings is 1. The Hall–Kier alpha value is -1.58. The molecule has 0 bridgehead atoms. The summed E-state index contributed by atoms with van der Waals surface area (Å²) in [5.41, 5.74) is -0.520. The second-order valence-corrected chi connectivity index (χ2v) is 5.39. The van der Waals surface area contributed by atoms with Crippen molar-refractivity contribution < 1.29 is 9.31 Å². The van der Waals surface area contributed by atoms with Crippen molar-refractivity contribution in [3.8, 4) is 6.07 Å². The maximum absolute atomic E-state index is 11.4. The van der Waals surface area contributed by atoms with Gasteiger partial charge in [0, 0.05) is 11.7 Å². The van der Waals surface area contributed by atoms with Crippen molar-refractivity contribution in [2.24, 2.45) is 0 Å². The van der Waals surface area contributed by atoms with Gasteiger partial charge in [-0.2, -0.15) is 5.26 Å². The van der Waals surface area contributed by atoms with Gasteiger partial charge in [0.2, 0.25) is 5.56 Å². The van der Waals surface area contributed by atoms with Crippen molar-refractivity contribution >= 4 is 12.7 Å². The van der Waals surface area contributed by atoms with E-state index in [0.29, 0.717) is 11.2 Å². The Bertz CT molecular complexity index is 555. The van der Waals surface area contributed by atoms with Gasteiger partial charge in [0.1, 0.15) is 0 Å². The van der Waals surface area contributed by atoms with Crippen LogP contribution in [-0.2, 0) is 9.31 Å². The Morgan fingerprint density at radius 1 is 1.22 bits per heavy atom. The quantitative estimate of drug-likeness (QED) is 0.734. The molecule has 5 nitrogen and oxygen atoms in total. The summed E-state index contributed by atoms with van der Waals surface area (Å²) in [4.78, 5) is 14.1. The molecule has 0 aromatic carbocycles. The van der Waals surface area contributed by atoms with E-state index in [2.05, 4.69) is 4.98 Å². The summed E-state index contributed by atoms with van der Waals surface area (Å²) in [6.07, 6.45) is 0. The minimum Gasteiger partial charge on any atom is -0.398 e. The van der Waals surface area contributed by atoms with E-state index in [0.717, 1.165) is 0 Å². The van der Waals surface area contributed by atoms with Crippen LogP contribution >= 0.6 is 0 Å². The van der Waals surface area contributed by atoms with E-state index in [4.69, 9.17) is 14.6 Å². The normalized spacial score (nSPS) is 20.7. The van der Waals surface area contributed by atoms with Crippen LogP contribution in [0.25, 0.3) is 0 Å². The van der Waals surface area contributed by atoms with Gasteiger partial charge in [-0.15, -0.1) is 0 Å². The van der Waals surface area contributed by atoms with Crippen LogP contribution < -0.4 is 11.2 Å². The Morgan fingerprint density at radius 3 is 2.28 bits per heavy atom. The highest BCUT2D eigenvalue weighted by Crippen LogP contribution is 2.36. The molecule has 1 saturated heterocycles. The van der Waals surface area contributed by atoms with Gasteiger partial charge in [-0.1, -0.05) is 0 Å². The monoisotopic (exact) mass is 246 g/mol. The summed E-state index contributed by atoms with van der Waals surface area (Å²) in [5, 5.41) is 8.85. The Morgan fingerprint density at radius 2 is 1.78 bits per heavy atom. The number of nitrogens with zero attached hydrogens (tertiary/aromatic N) is 1. The largest absolute Gasteiger partial charge is 0.512 e. The lowest BCUT2D eigenvalue weighted by Crippen LogP contribution is -2.41. The van der Waals surface area contributed by atoms with Gasteiger partial charge in [0.15, 0.2) is 0 Å². The third-order valence-electron chi connectivity index (χ3n) is 3.50. The first-order chi connectivity index (χ1) is 8.25. The van der Waals surface area contributed by atoms with E-state index in [9.17, 15) is 4.79 Å². The first-order valence-corrected chi connectivity index (χ1v) is 5.75. The average Bonchev–Trinajstić information content (AvgIpc) is 2.47. The van der Waals surface area contributed by atoms with Crippen LogP contribution in [-0.4, -0.2) is 23.3 Å². The van der Waals surface area contributed by atoms with E-state index >= 15 is 0 Å². The fraction of sp³-hybridized carbons (Fsp3) is 0.500. The van der Waals surface area contributed by atoms with Gasteiger partial charge < -0.3 is 14.3 Å². The average molecular weight is 246 g/mol. The van der Waals surface area contributed by atoms with E-state index < -0.39 is 18.3 Å². The molecule has 0 radical (unpaired) electrons. The first-order valence-electron chi connectivity index (χ1n) is 5.75. The molecule has 1 aliphatic heterocycles. The van der Waals surface area contributed by atoms with Gasteiger partial charge >= 0.3 is 7.12 Å². The zero-order valence-electron chi connectivity index (χ0n) is 10.9. The highest BCUT2D eigenvalue weighted by Gasteiger charge is 2.52. The van der Waals surface area contributed by atoms with Crippen molar-refractivity contribution in [3.63, 3.8) is 0 Å². The number of hydrogen-bond acceptors (Lipinski definition) is 4. The lowest BCUT2D eigenvalue weighted by molar-refractivity contribution is 0.00578. The second-order valence-electron chi connectivity index (χ2n) is 5.39. The minimum absolute atomic E-state index is 0.295. The Kier molecular flexibility index (Phi) is 2.84. The molecule has 1 aromatic heterocycles. The maximum atomic E-state index is 11.4. The number of hydrogen-bond donors (Lipinski definition) is 1. The van der Waals surface area contributed by atoms with Gasteiger partial charge in [-0.25, -0.2) is 0 Å². The lowest BCUT2D eigenvalue weighted by atomic mass is 9.83. The number of nitrogens with one attached hydrogen (secondary N) is 1. The third kappa shape index (κ3) is 2.07. The molecule has 94 valence electrons. The molecule has 0 amide bonds. The summed E-state index contributed by atoms with van der Waals surface area (Å²) < 4.78 is 11.6. The molecule has 0 spiro atoms. The fourth-order valence-electron chi connectivity index (χ4n) is 1.73. The molecule has 6 heteroatoms. The molecule has 1 aromatic rings. The van der Waals surface area contributed by atoms with E-state index in [1.54, 1.807) is 6.07 Å². The zero-order valence-corrected chi connectivity index (χ0v) is 10.9. The van der Waals surface area contributed by atoms with Crippen molar-refractivity contribution in [1.82, 2.24) is 4.98 Å². The smallest absolute Gasteiger partial charge is 0.398 e. The Labute approximate surface area is 106 Å². The molecule has 0 aliphatic carbocycles. The molecule has 1 aliphatic rings. The summed E-state index contributed by atoms with van der Waals surface area (Å²) in [6.45, 7) is 7.72. The molecular weight excluding hydrogens is 231 g/mol. The lowest BCUT2D eigenvalue weighted by Gasteiger charge is -2.32. The number of rotatable bonds is 1.